The van der Waals surface area contributed by atoms with Crippen molar-refractivity contribution in [3.63, 3.8) is 0 Å². The zero-order chi connectivity index (χ0) is 96.6. The molecule has 134 heavy (non-hydrogen) atoms. The molecule has 4 aliphatic heterocycles. The van der Waals surface area contributed by atoms with Crippen LogP contribution < -0.4 is 16.0 Å². The fourth-order valence-corrected chi connectivity index (χ4v) is 18.2. The monoisotopic (exact) mass is 2040 g/mol. The summed E-state index contributed by atoms with van der Waals surface area (Å²) in [5.41, 5.74) is -0.206. The fraction of sp³-hybridized carbons (Fsp3) is 0.906. The van der Waals surface area contributed by atoms with Gasteiger partial charge in [-0.05, 0) is 141 Å². The second-order valence-corrected chi connectivity index (χ2v) is 39.4. The van der Waals surface area contributed by atoms with Crippen molar-refractivity contribution >= 4 is 74.7 Å². The first kappa shape index (κ1) is 131. The summed E-state index contributed by atoms with van der Waals surface area (Å²) in [6.45, 7) is 17.7. The predicted molar refractivity (Wildman–Crippen MR) is 507 cm³/mol. The number of unbranched alkanes of at least 4 members (excludes halogenated alkanes) is 13. The van der Waals surface area contributed by atoms with Gasteiger partial charge in [0.05, 0.1) is 123 Å². The summed E-state index contributed by atoms with van der Waals surface area (Å²) in [4.78, 5) is 113. The van der Waals surface area contributed by atoms with Crippen LogP contribution in [0, 0.1) is 23.2 Å². The Morgan fingerprint density at radius 3 is 1.22 bits per heavy atom. The van der Waals surface area contributed by atoms with Crippen LogP contribution in [0.25, 0.3) is 0 Å². The van der Waals surface area contributed by atoms with Crippen molar-refractivity contribution in [2.75, 3.05) is 132 Å². The van der Waals surface area contributed by atoms with Crippen molar-refractivity contribution in [3.8, 4) is 0 Å². The second-order valence-electron chi connectivity index (χ2n) is 36.3. The van der Waals surface area contributed by atoms with Gasteiger partial charge >= 0.3 is 18.0 Å². The number of alkyl carbamates (subject to hydrolysis) is 1. The van der Waals surface area contributed by atoms with Gasteiger partial charge in [-0.15, -0.1) is 0 Å². The number of ether oxygens (including phenoxy) is 12. The first-order chi connectivity index (χ1) is 62.9. The van der Waals surface area contributed by atoms with Crippen molar-refractivity contribution in [1.29, 1.82) is 0 Å². The minimum atomic E-state index is -1.20. The number of esters is 2. The van der Waals surface area contributed by atoms with Gasteiger partial charge in [-0.25, -0.2) is 4.79 Å². The number of nitrogens with one attached hydrogen (secondary N) is 3. The molecule has 38 heteroatoms. The number of carbonyl (C=O) groups is 9. The number of ketones is 3. The first-order valence-corrected chi connectivity index (χ1v) is 51.1. The van der Waals surface area contributed by atoms with E-state index >= 15 is 0 Å². The van der Waals surface area contributed by atoms with Crippen LogP contribution in [0.2, 0.25) is 0 Å². The van der Waals surface area contributed by atoms with Gasteiger partial charge in [-0.1, -0.05) is 129 Å². The average Bonchev–Trinajstić information content (AvgIpc) is 1.14. The molecule has 13 N–H and O–H groups in total. The predicted octanol–water partition coefficient (Wildman–Crippen LogP) is 9.92. The molecule has 17 atom stereocenters. The molecule has 0 aliphatic carbocycles. The number of methoxy groups -OCH3 is 1. The number of likely N-dealkylation sites (tertiary alicyclic amines) is 1. The number of aliphatic hydroxyl groups excluding tert-OH is 10. The zero-order valence-corrected chi connectivity index (χ0v) is 85.2. The van der Waals surface area contributed by atoms with E-state index in [2.05, 4.69) is 36.7 Å². The largest absolute Gasteiger partial charge is 0.466 e. The molecule has 0 spiro atoms. The maximum Gasteiger partial charge on any atom is 0.407 e. The Kier molecular flexibility index (Phi) is 77.2. The Morgan fingerprint density at radius 1 is 0.403 bits per heavy atom. The molecule has 4 amide bonds. The van der Waals surface area contributed by atoms with Gasteiger partial charge in [0.15, 0.2) is 18.9 Å². The summed E-state index contributed by atoms with van der Waals surface area (Å²) in [6.07, 6.45) is 12.9. The van der Waals surface area contributed by atoms with Crippen LogP contribution >= 0.6 is 21.6 Å². The average molecular weight is 2040 g/mol. The third kappa shape index (κ3) is 58.3. The van der Waals surface area contributed by atoms with Crippen LogP contribution in [0.3, 0.4) is 0 Å². The fourth-order valence-electron chi connectivity index (χ4n) is 15.8. The Labute approximate surface area is 833 Å². The topological polar surface area (TPSA) is 506 Å². The molecule has 4 heterocycles. The molecule has 35 nitrogen and oxygen atoms in total. The summed E-state index contributed by atoms with van der Waals surface area (Å²) in [7, 11) is 5.17. The molecule has 0 aromatic heterocycles. The maximum atomic E-state index is 12.7. The van der Waals surface area contributed by atoms with E-state index in [1.54, 1.807) is 54.4 Å². The van der Waals surface area contributed by atoms with Crippen LogP contribution in [0.4, 0.5) is 4.79 Å². The Morgan fingerprint density at radius 2 is 0.784 bits per heavy atom. The Bertz CT molecular complexity index is 2850. The molecule has 4 fully saturated rings. The molecule has 0 aromatic carbocycles. The summed E-state index contributed by atoms with van der Waals surface area (Å²) in [6, 6.07) is -0.157. The van der Waals surface area contributed by atoms with Gasteiger partial charge < -0.3 is 129 Å². The summed E-state index contributed by atoms with van der Waals surface area (Å²) in [5, 5.41) is 107. The quantitative estimate of drug-likeness (QED) is 0.0116. The second kappa shape index (κ2) is 79.2. The van der Waals surface area contributed by atoms with Crippen molar-refractivity contribution in [1.82, 2.24) is 20.9 Å². The smallest absolute Gasteiger partial charge is 0.407 e. The molecular formula is C96H178N4O31S2Y. The van der Waals surface area contributed by atoms with E-state index in [1.807, 2.05) is 6.92 Å². The van der Waals surface area contributed by atoms with E-state index in [0.29, 0.717) is 181 Å². The minimum absolute atomic E-state index is 0. The van der Waals surface area contributed by atoms with Gasteiger partial charge in [0.1, 0.15) is 54.0 Å². The van der Waals surface area contributed by atoms with E-state index in [1.165, 1.54) is 0 Å². The van der Waals surface area contributed by atoms with Gasteiger partial charge in [-0.3, -0.25) is 38.4 Å². The summed E-state index contributed by atoms with van der Waals surface area (Å²) >= 11 is 0. The van der Waals surface area contributed by atoms with E-state index in [4.69, 9.17) is 56.8 Å². The molecule has 4 rings (SSSR count). The van der Waals surface area contributed by atoms with Crippen molar-refractivity contribution in [2.24, 2.45) is 23.2 Å². The first-order valence-electron chi connectivity index (χ1n) is 48.8. The number of carbonyl (C=O) groups excluding carboxylic acids is 9. The molecule has 0 saturated carbocycles. The molecule has 4 saturated heterocycles. The zero-order valence-electron chi connectivity index (χ0n) is 80.7. The molecule has 0 bridgehead atoms. The van der Waals surface area contributed by atoms with Crippen LogP contribution in [0.5, 0.6) is 0 Å². The van der Waals surface area contributed by atoms with Crippen LogP contribution in [0.15, 0.2) is 0 Å². The number of rotatable bonds is 76. The van der Waals surface area contributed by atoms with Crippen LogP contribution in [-0.2, 0) is 128 Å². The third-order valence-corrected chi connectivity index (χ3v) is 27.8. The Balaban J connectivity index is 0.00000380. The molecular weight excluding hydrogens is 1860 g/mol. The molecule has 0 aromatic rings. The molecule has 1 radical (unpaired) electrons. The standard InChI is InChI=1S/C68H123N3O24.C26H47NO7S2.2CH4.Y/c1-47-58(80)61(83)51(44-72)93-64(47)89-38-20-27-50(75)26-14-8-5-13-19-37-71-67(86)92-43-25-34-68(4,32-23-41-87-56(78)30-15-9-6-11-17-35-69-54(76)28-21-39-90-65-48(2)59(81)62(84)52(45-73)94-65)33-24-42-88-57(79)31-16-10-7-12-18-36-70-55(77)29-22-40-91-66-49(3)60(82)63(85)53(46-74)95-66;1-5-22(29)11-13-33-14-15-34-16-17-35-36-26(2,3)12-10-23(30)8-6-7-9-25(31)27-19-24(32-4)18-21(27)20-28;;;/h47-49,51-53,58-66,72-74,80-85H,5-46H2,1-4H3,(H,69,76)(H,70,77)(H,71,86);21,24,28H,5-20H2,1-4H3;2*1H4;/t;21-,24+;;;/m.1.../s1. The Hall–Kier alpha value is -3.33. The van der Waals surface area contributed by atoms with E-state index in [-0.39, 0.29) is 176 Å². The number of hydrogen-bond acceptors (Lipinski definition) is 33. The number of nitrogens with zero attached hydrogens (tertiary/aromatic N) is 1. The van der Waals surface area contributed by atoms with Crippen LogP contribution in [0.1, 0.15) is 314 Å². The van der Waals surface area contributed by atoms with Gasteiger partial charge in [0, 0.05) is 165 Å². The molecule has 4 aliphatic rings. The van der Waals surface area contributed by atoms with Crippen LogP contribution in [-0.4, -0.2) is 331 Å². The number of aliphatic hydroxyl groups is 10. The SMILES string of the molecule is C.C.CC1C(OCCCC(=O)CCCCCCCNC(=O)OCCCC(C)(CCCOC(=O)CCCCCCCNC(=O)CCCOC2OC(CO)C(O)C(O)C2C)CCCOC(=O)CCCCCCCNC(=O)CCCOC2OC(CO)C(O)C(O)C2C)OC(CO)C(O)C1O.CCC(=O)CCOCCOCCSSC(C)(C)CCC(=O)CCCCC(=O)N1C[C@@H](OC)C[C@@H]1CO.[Y]. The minimum Gasteiger partial charge on any atom is -0.466 e. The number of Topliss-reactive ketones (excluding diaryl/α,β-unsaturated/α-hetero) is 3. The third-order valence-electron chi connectivity index (χ3n) is 24.5. The maximum absolute atomic E-state index is 12.7. The summed E-state index contributed by atoms with van der Waals surface area (Å²) in [5.74, 6) is -0.667. The van der Waals surface area contributed by atoms with Gasteiger partial charge in [0.25, 0.3) is 0 Å². The molecule has 783 valence electrons. The number of hydrogen-bond donors (Lipinski definition) is 13. The number of amides is 4. The van der Waals surface area contributed by atoms with E-state index in [0.717, 1.165) is 115 Å². The van der Waals surface area contributed by atoms with E-state index in [9.17, 15) is 94.2 Å². The molecule has 15 unspecified atom stereocenters. The normalized spacial score (nSPS) is 23.8. The summed E-state index contributed by atoms with van der Waals surface area (Å²) < 4.78 is 66.8. The van der Waals surface area contributed by atoms with Crippen molar-refractivity contribution in [3.05, 3.63) is 0 Å². The van der Waals surface area contributed by atoms with Crippen molar-refractivity contribution < 1.29 is 184 Å². The van der Waals surface area contributed by atoms with Gasteiger partial charge in [0.2, 0.25) is 17.7 Å². The van der Waals surface area contributed by atoms with Crippen molar-refractivity contribution in [2.45, 2.75) is 404 Å². The van der Waals surface area contributed by atoms with E-state index < -0.39 is 117 Å². The van der Waals surface area contributed by atoms with Gasteiger partial charge in [-0.2, -0.15) is 0 Å².